The van der Waals surface area contributed by atoms with Crippen molar-refractivity contribution in [2.75, 3.05) is 7.11 Å². The number of benzene rings is 1. The van der Waals surface area contributed by atoms with Gasteiger partial charge in [-0.25, -0.2) is 9.97 Å². The van der Waals surface area contributed by atoms with Crippen molar-refractivity contribution in [2.24, 2.45) is 0 Å². The third-order valence-electron chi connectivity index (χ3n) is 5.71. The first-order valence-corrected chi connectivity index (χ1v) is 10.1. The zero-order valence-electron chi connectivity index (χ0n) is 17.3. The van der Waals surface area contributed by atoms with Crippen molar-refractivity contribution in [3.8, 4) is 22.6 Å². The third-order valence-corrected chi connectivity index (χ3v) is 5.71. The molecule has 10 heteroatoms. The van der Waals surface area contributed by atoms with Crippen LogP contribution in [0, 0.1) is 6.92 Å². The highest BCUT2D eigenvalue weighted by molar-refractivity contribution is 5.81. The van der Waals surface area contributed by atoms with Crippen LogP contribution in [0.25, 0.3) is 28.2 Å². The summed E-state index contributed by atoms with van der Waals surface area (Å²) < 4.78 is 53.6. The van der Waals surface area contributed by atoms with E-state index in [4.69, 9.17) is 9.15 Å². The van der Waals surface area contributed by atoms with Crippen molar-refractivity contribution in [1.29, 1.82) is 0 Å². The molecule has 0 spiro atoms. The minimum absolute atomic E-state index is 0.0151. The van der Waals surface area contributed by atoms with Crippen LogP contribution < -0.4 is 5.56 Å². The van der Waals surface area contributed by atoms with Gasteiger partial charge in [0.05, 0.1) is 11.3 Å². The Hall–Kier alpha value is -3.40. The lowest BCUT2D eigenvalue weighted by Crippen LogP contribution is -2.20. The van der Waals surface area contributed by atoms with E-state index < -0.39 is 17.4 Å². The predicted molar refractivity (Wildman–Crippen MR) is 109 cm³/mol. The lowest BCUT2D eigenvalue weighted by molar-refractivity contribution is -0.140. The van der Waals surface area contributed by atoms with Gasteiger partial charge in [0.2, 0.25) is 5.89 Å². The molecule has 7 nitrogen and oxygen atoms in total. The topological polar surface area (TPSA) is 85.4 Å². The summed E-state index contributed by atoms with van der Waals surface area (Å²) in [7, 11) is 1.57. The lowest BCUT2D eigenvalue weighted by Gasteiger charge is -2.17. The van der Waals surface area contributed by atoms with Crippen LogP contribution in [-0.4, -0.2) is 26.7 Å². The molecule has 0 bridgehead atoms. The van der Waals surface area contributed by atoms with Crippen LogP contribution in [0.4, 0.5) is 13.2 Å². The molecule has 1 aromatic carbocycles. The van der Waals surface area contributed by atoms with Crippen LogP contribution in [0.1, 0.15) is 41.8 Å². The van der Waals surface area contributed by atoms with Gasteiger partial charge in [0, 0.05) is 13.5 Å². The average Bonchev–Trinajstić information content (AvgIpc) is 3.36. The molecule has 1 unspecified atom stereocenters. The van der Waals surface area contributed by atoms with Gasteiger partial charge in [0.15, 0.2) is 5.65 Å². The van der Waals surface area contributed by atoms with Crippen molar-refractivity contribution in [3.05, 3.63) is 63.5 Å². The van der Waals surface area contributed by atoms with Crippen LogP contribution in [-0.2, 0) is 17.3 Å². The fourth-order valence-electron chi connectivity index (χ4n) is 4.22. The third kappa shape index (κ3) is 3.13. The molecule has 0 radical (unpaired) electrons. The number of H-pyrrole nitrogens is 1. The van der Waals surface area contributed by atoms with E-state index in [0.29, 0.717) is 23.4 Å². The number of aromatic amines is 1. The summed E-state index contributed by atoms with van der Waals surface area (Å²) in [5.41, 5.74) is -0.897. The number of aryl methyl sites for hydroxylation is 2. The van der Waals surface area contributed by atoms with Crippen LogP contribution in [0.2, 0.25) is 0 Å². The second-order valence-corrected chi connectivity index (χ2v) is 7.71. The molecule has 1 atom stereocenters. The Bertz CT molecular complexity index is 1370. The highest BCUT2D eigenvalue weighted by Crippen LogP contribution is 2.39. The Balaban J connectivity index is 1.77. The largest absolute Gasteiger partial charge is 0.440 e. The van der Waals surface area contributed by atoms with Crippen molar-refractivity contribution in [3.63, 3.8) is 0 Å². The second-order valence-electron chi connectivity index (χ2n) is 7.71. The van der Waals surface area contributed by atoms with Gasteiger partial charge in [0.25, 0.3) is 5.56 Å². The number of ether oxygens (including phenoxy) is 1. The van der Waals surface area contributed by atoms with Gasteiger partial charge in [-0.1, -0.05) is 30.3 Å². The summed E-state index contributed by atoms with van der Waals surface area (Å²) in [4.78, 5) is 22.2. The number of hydrogen-bond acceptors (Lipinski definition) is 5. The molecule has 1 N–H and O–H groups in total. The van der Waals surface area contributed by atoms with Crippen LogP contribution >= 0.6 is 0 Å². The van der Waals surface area contributed by atoms with Crippen molar-refractivity contribution < 1.29 is 22.3 Å². The molecule has 0 saturated carbocycles. The number of oxazole rings is 1. The summed E-state index contributed by atoms with van der Waals surface area (Å²) in [6.45, 7) is 1.56. The number of nitrogens with one attached hydrogen (secondary N) is 1. The number of nitrogens with zero attached hydrogens (tertiary/aromatic N) is 3. The highest BCUT2D eigenvalue weighted by atomic mass is 19.4. The fourth-order valence-corrected chi connectivity index (χ4v) is 4.22. The maximum atomic E-state index is 13.8. The quantitative estimate of drug-likeness (QED) is 0.495. The van der Waals surface area contributed by atoms with E-state index in [9.17, 15) is 18.0 Å². The van der Waals surface area contributed by atoms with Gasteiger partial charge in [-0.05, 0) is 25.3 Å². The van der Waals surface area contributed by atoms with E-state index in [2.05, 4.69) is 15.1 Å². The summed E-state index contributed by atoms with van der Waals surface area (Å²) in [5, 5.41) is 2.21. The fraction of sp³-hybridized carbons (Fsp3) is 0.318. The number of rotatable bonds is 3. The normalized spacial score (nSPS) is 16.5. The van der Waals surface area contributed by atoms with E-state index in [1.807, 2.05) is 0 Å². The van der Waals surface area contributed by atoms with E-state index in [0.717, 1.165) is 17.4 Å². The van der Waals surface area contributed by atoms with Crippen LogP contribution in [0.3, 0.4) is 0 Å². The summed E-state index contributed by atoms with van der Waals surface area (Å²) in [5.74, 6) is 0.655. The van der Waals surface area contributed by atoms with Gasteiger partial charge >= 0.3 is 6.18 Å². The Morgan fingerprint density at radius 1 is 1.19 bits per heavy atom. The molecule has 32 heavy (non-hydrogen) atoms. The smallest absolute Gasteiger partial charge is 0.433 e. The Labute approximate surface area is 179 Å². The van der Waals surface area contributed by atoms with E-state index in [1.165, 1.54) is 0 Å². The Morgan fingerprint density at radius 3 is 2.62 bits per heavy atom. The first kappa shape index (κ1) is 20.5. The predicted octanol–water partition coefficient (Wildman–Crippen LogP) is 4.70. The molecule has 0 amide bonds. The maximum Gasteiger partial charge on any atom is 0.433 e. The van der Waals surface area contributed by atoms with Gasteiger partial charge in [-0.2, -0.15) is 17.7 Å². The van der Waals surface area contributed by atoms with Gasteiger partial charge in [-0.15, -0.1) is 0 Å². The van der Waals surface area contributed by atoms with Crippen molar-refractivity contribution in [1.82, 2.24) is 19.6 Å². The van der Waals surface area contributed by atoms with Crippen molar-refractivity contribution >= 4 is 5.65 Å². The monoisotopic (exact) mass is 444 g/mol. The lowest BCUT2D eigenvalue weighted by atomic mass is 9.99. The Morgan fingerprint density at radius 2 is 1.94 bits per heavy atom. The van der Waals surface area contributed by atoms with Crippen molar-refractivity contribution in [2.45, 2.75) is 38.5 Å². The minimum Gasteiger partial charge on any atom is -0.440 e. The standard InChI is InChI=1S/C22H19F3N4O3/c1-11-15(20-27-17-13(31-2)9-6-10-14(17)32-20)21(30)29-19(26-11)16(12-7-4-3-5-8-12)18(28-29)22(23,24)25/h3-5,7-8,13,28H,6,9-10H2,1-2H3. The van der Waals surface area contributed by atoms with Gasteiger partial charge in [0.1, 0.15) is 28.8 Å². The van der Waals surface area contributed by atoms with E-state index in [1.54, 1.807) is 44.4 Å². The summed E-state index contributed by atoms with van der Waals surface area (Å²) in [6.07, 6.45) is -2.69. The number of hydrogen-bond donors (Lipinski definition) is 1. The molecule has 3 heterocycles. The minimum atomic E-state index is -4.72. The first-order chi connectivity index (χ1) is 15.3. The van der Waals surface area contributed by atoms with Gasteiger partial charge in [-0.3, -0.25) is 9.89 Å². The first-order valence-electron chi connectivity index (χ1n) is 10.1. The SMILES string of the molecule is COC1CCCc2oc(-c3c(C)nc4c(-c5ccccc5)c(C(F)(F)F)[nH]n4c3=O)nc21. The number of fused-ring (bicyclic) bond motifs is 2. The molecule has 1 aliphatic carbocycles. The Kier molecular flexibility index (Phi) is 4.70. The van der Waals surface area contributed by atoms with Gasteiger partial charge < -0.3 is 9.15 Å². The zero-order valence-corrected chi connectivity index (χ0v) is 17.3. The molecule has 0 fully saturated rings. The van der Waals surface area contributed by atoms with Crippen LogP contribution in [0.5, 0.6) is 0 Å². The molecule has 0 saturated heterocycles. The zero-order chi connectivity index (χ0) is 22.6. The molecular weight excluding hydrogens is 425 g/mol. The average molecular weight is 444 g/mol. The maximum absolute atomic E-state index is 13.8. The second kappa shape index (κ2) is 7.33. The molecular formula is C22H19F3N4O3. The molecule has 166 valence electrons. The number of methoxy groups -OCH3 is 1. The van der Waals surface area contributed by atoms with Crippen LogP contribution in [0.15, 0.2) is 39.5 Å². The molecule has 1 aliphatic rings. The highest BCUT2D eigenvalue weighted by Gasteiger charge is 2.39. The number of aromatic nitrogens is 4. The molecule has 3 aromatic heterocycles. The molecule has 4 aromatic rings. The number of halogens is 3. The van der Waals surface area contributed by atoms with E-state index in [-0.39, 0.29) is 34.5 Å². The summed E-state index contributed by atoms with van der Waals surface area (Å²) in [6, 6.07) is 8.04. The molecule has 5 rings (SSSR count). The van der Waals surface area contributed by atoms with E-state index >= 15 is 0 Å². The number of alkyl halides is 3. The summed E-state index contributed by atoms with van der Waals surface area (Å²) >= 11 is 0. The molecule has 0 aliphatic heterocycles.